The van der Waals surface area contributed by atoms with E-state index >= 15 is 0 Å². The second-order valence-corrected chi connectivity index (χ2v) is 17.3. The van der Waals surface area contributed by atoms with Crippen molar-refractivity contribution in [1.82, 2.24) is 0 Å². The molecular weight excluding hydrogens is 790 g/mol. The van der Waals surface area contributed by atoms with Crippen molar-refractivity contribution in [3.63, 3.8) is 0 Å². The molecule has 0 spiro atoms. The summed E-state index contributed by atoms with van der Waals surface area (Å²) in [5, 5.41) is 8.92. The second kappa shape index (κ2) is 45.4. The van der Waals surface area contributed by atoms with E-state index in [1.807, 2.05) is 0 Å². The lowest BCUT2D eigenvalue weighted by Gasteiger charge is -2.20. The SMILES string of the molecule is CC/C=C\C/C=C\C/C=C\C/C=C\C/C=C\CCCCCCOCC(COP(=O)(O)OCC(N)C(=O)O)OC(=O)CCCCCCCCCCC/C=C\CCCCCCCC. The van der Waals surface area contributed by atoms with Gasteiger partial charge in [-0.1, -0.05) is 177 Å². The molecule has 3 atom stereocenters. The molecule has 0 saturated heterocycles. The van der Waals surface area contributed by atoms with E-state index < -0.39 is 45.1 Å². The van der Waals surface area contributed by atoms with Crippen LogP contribution in [0.15, 0.2) is 72.9 Å². The highest BCUT2D eigenvalue weighted by Crippen LogP contribution is 2.43. The first-order chi connectivity index (χ1) is 29.7. The summed E-state index contributed by atoms with van der Waals surface area (Å²) in [6.07, 6.45) is 56.7. The number of rotatable bonds is 45. The number of esters is 1. The average Bonchev–Trinajstić information content (AvgIpc) is 3.24. The van der Waals surface area contributed by atoms with Crippen LogP contribution in [0.25, 0.3) is 0 Å². The van der Waals surface area contributed by atoms with Gasteiger partial charge in [-0.05, 0) is 83.5 Å². The lowest BCUT2D eigenvalue weighted by molar-refractivity contribution is -0.154. The number of carboxylic acid groups (broad SMARTS) is 1. The molecule has 0 heterocycles. The molecule has 0 aliphatic rings. The number of hydrogen-bond acceptors (Lipinski definition) is 8. The number of carbonyl (C=O) groups is 2. The fourth-order valence-corrected chi connectivity index (χ4v) is 7.05. The van der Waals surface area contributed by atoms with E-state index in [4.69, 9.17) is 29.4 Å². The number of carbonyl (C=O) groups excluding carboxylic acids is 1. The normalized spacial score (nSPS) is 14.4. The van der Waals surface area contributed by atoms with Gasteiger partial charge in [0.1, 0.15) is 12.1 Å². The van der Waals surface area contributed by atoms with E-state index in [9.17, 15) is 19.0 Å². The van der Waals surface area contributed by atoms with Gasteiger partial charge in [-0.2, -0.15) is 0 Å². The Morgan fingerprint density at radius 3 is 1.44 bits per heavy atom. The van der Waals surface area contributed by atoms with Crippen LogP contribution in [0.4, 0.5) is 0 Å². The van der Waals surface area contributed by atoms with Crippen molar-refractivity contribution < 1.29 is 42.7 Å². The largest absolute Gasteiger partial charge is 0.480 e. The molecule has 0 radical (unpaired) electrons. The van der Waals surface area contributed by atoms with Crippen LogP contribution in [0.3, 0.4) is 0 Å². The first-order valence-electron chi connectivity index (χ1n) is 24.0. The van der Waals surface area contributed by atoms with Crippen LogP contribution in [-0.2, 0) is 32.7 Å². The van der Waals surface area contributed by atoms with Gasteiger partial charge in [0.2, 0.25) is 0 Å². The summed E-state index contributed by atoms with van der Waals surface area (Å²) in [5.41, 5.74) is 5.37. The van der Waals surface area contributed by atoms with Crippen molar-refractivity contribution in [2.45, 2.75) is 206 Å². The Kier molecular flexibility index (Phi) is 43.5. The molecule has 10 nitrogen and oxygen atoms in total. The number of carboxylic acids is 1. The maximum Gasteiger partial charge on any atom is 0.472 e. The Morgan fingerprint density at radius 1 is 0.541 bits per heavy atom. The number of nitrogens with two attached hydrogens (primary N) is 1. The van der Waals surface area contributed by atoms with E-state index in [2.05, 4.69) is 86.8 Å². The minimum atomic E-state index is -4.63. The summed E-state index contributed by atoms with van der Waals surface area (Å²) in [7, 11) is -4.63. The fraction of sp³-hybridized carbons (Fsp3) is 0.720. The third kappa shape index (κ3) is 45.3. The minimum absolute atomic E-state index is 0.00407. The third-order valence-corrected chi connectivity index (χ3v) is 10.9. The summed E-state index contributed by atoms with van der Waals surface area (Å²) in [4.78, 5) is 33.6. The van der Waals surface area contributed by atoms with Gasteiger partial charge in [-0.25, -0.2) is 4.57 Å². The molecule has 0 aliphatic heterocycles. The van der Waals surface area contributed by atoms with Crippen LogP contribution in [0.2, 0.25) is 0 Å². The molecule has 4 N–H and O–H groups in total. The third-order valence-electron chi connectivity index (χ3n) is 9.97. The quantitative estimate of drug-likeness (QED) is 0.0233. The average molecular weight is 878 g/mol. The van der Waals surface area contributed by atoms with Crippen molar-refractivity contribution >= 4 is 19.8 Å². The predicted octanol–water partition coefficient (Wildman–Crippen LogP) is 13.8. The molecule has 0 amide bonds. The number of phosphoric ester groups is 1. The Morgan fingerprint density at radius 2 is 0.951 bits per heavy atom. The topological polar surface area (TPSA) is 155 Å². The number of hydrogen-bond donors (Lipinski definition) is 3. The predicted molar refractivity (Wildman–Crippen MR) is 254 cm³/mol. The van der Waals surface area contributed by atoms with Gasteiger partial charge in [0, 0.05) is 13.0 Å². The van der Waals surface area contributed by atoms with Crippen molar-refractivity contribution in [2.24, 2.45) is 5.73 Å². The summed E-state index contributed by atoms with van der Waals surface area (Å²) in [5.74, 6) is -1.79. The molecular formula is C50H88NO9P. The maximum absolute atomic E-state index is 12.7. The summed E-state index contributed by atoms with van der Waals surface area (Å²) < 4.78 is 33.4. The molecule has 0 fully saturated rings. The summed E-state index contributed by atoms with van der Waals surface area (Å²) >= 11 is 0. The standard InChI is InChI=1S/C50H88NO9P/c1-3-5-7-9-11-13-15-17-19-21-23-25-27-29-31-33-35-37-39-41-43-57-44-47(45-58-61(55,56)59-46-48(51)50(53)54)60-49(52)42-40-38-36-34-32-30-28-26-24-22-20-18-16-14-12-10-8-6-4-2/h5,7,11,13,17-20,23,25,29,31,47-48H,3-4,6,8-10,12,14-16,21-22,24,26-28,30,32-46,51H2,1-2H3,(H,53,54)(H,55,56)/b7-5-,13-11-,19-17-,20-18-,25-23-,31-29-. The van der Waals surface area contributed by atoms with E-state index in [0.717, 1.165) is 83.5 Å². The number of allylic oxidation sites excluding steroid dienone is 12. The zero-order valence-corrected chi connectivity index (χ0v) is 39.4. The number of unbranched alkanes of at least 4 members (excludes halogenated alkanes) is 19. The van der Waals surface area contributed by atoms with Gasteiger partial charge in [0.05, 0.1) is 19.8 Å². The van der Waals surface area contributed by atoms with Crippen LogP contribution < -0.4 is 5.73 Å². The minimum Gasteiger partial charge on any atom is -0.480 e. The second-order valence-electron chi connectivity index (χ2n) is 15.9. The number of phosphoric acid groups is 1. The van der Waals surface area contributed by atoms with Crippen LogP contribution in [0, 0.1) is 0 Å². The Hall–Kier alpha value is -2.59. The smallest absolute Gasteiger partial charge is 0.472 e. The van der Waals surface area contributed by atoms with Crippen LogP contribution in [0.1, 0.15) is 194 Å². The molecule has 0 bridgehead atoms. The van der Waals surface area contributed by atoms with Gasteiger partial charge in [-0.15, -0.1) is 0 Å². The molecule has 0 aliphatic carbocycles. The van der Waals surface area contributed by atoms with E-state index in [1.165, 1.54) is 83.5 Å². The molecule has 61 heavy (non-hydrogen) atoms. The molecule has 0 saturated carbocycles. The molecule has 0 rings (SSSR count). The van der Waals surface area contributed by atoms with Gasteiger partial charge in [-0.3, -0.25) is 18.6 Å². The van der Waals surface area contributed by atoms with Gasteiger partial charge < -0.3 is 25.2 Å². The molecule has 0 aromatic rings. The monoisotopic (exact) mass is 878 g/mol. The van der Waals surface area contributed by atoms with E-state index in [0.29, 0.717) is 13.0 Å². The summed E-state index contributed by atoms with van der Waals surface area (Å²) in [6, 6.07) is -1.48. The van der Waals surface area contributed by atoms with E-state index in [-0.39, 0.29) is 13.0 Å². The van der Waals surface area contributed by atoms with Crippen molar-refractivity contribution in [2.75, 3.05) is 26.4 Å². The van der Waals surface area contributed by atoms with Crippen LogP contribution in [0.5, 0.6) is 0 Å². The highest BCUT2D eigenvalue weighted by atomic mass is 31.2. The molecule has 11 heteroatoms. The first-order valence-corrected chi connectivity index (χ1v) is 25.5. The number of ether oxygens (including phenoxy) is 2. The zero-order chi connectivity index (χ0) is 44.8. The lowest BCUT2D eigenvalue weighted by Crippen LogP contribution is -2.34. The maximum atomic E-state index is 12.7. The van der Waals surface area contributed by atoms with Crippen molar-refractivity contribution in [3.05, 3.63) is 72.9 Å². The summed E-state index contributed by atoms with van der Waals surface area (Å²) in [6.45, 7) is 3.70. The van der Waals surface area contributed by atoms with Crippen molar-refractivity contribution in [1.29, 1.82) is 0 Å². The molecule has 0 aromatic carbocycles. The van der Waals surface area contributed by atoms with Gasteiger partial charge in [0.15, 0.2) is 0 Å². The Labute approximate surface area is 372 Å². The lowest BCUT2D eigenvalue weighted by atomic mass is 10.1. The zero-order valence-electron chi connectivity index (χ0n) is 38.5. The van der Waals surface area contributed by atoms with Crippen LogP contribution >= 0.6 is 7.82 Å². The highest BCUT2D eigenvalue weighted by Gasteiger charge is 2.27. The molecule has 352 valence electrons. The van der Waals surface area contributed by atoms with Gasteiger partial charge in [0.25, 0.3) is 0 Å². The van der Waals surface area contributed by atoms with Crippen LogP contribution in [-0.4, -0.2) is 60.5 Å². The number of aliphatic carboxylic acids is 1. The highest BCUT2D eigenvalue weighted by molar-refractivity contribution is 7.47. The fourth-order valence-electron chi connectivity index (χ4n) is 6.27. The van der Waals surface area contributed by atoms with E-state index in [1.54, 1.807) is 0 Å². The Balaban J connectivity index is 4.25. The molecule has 3 unspecified atom stereocenters. The van der Waals surface area contributed by atoms with Gasteiger partial charge >= 0.3 is 19.8 Å². The van der Waals surface area contributed by atoms with Crippen molar-refractivity contribution in [3.8, 4) is 0 Å². The Bertz CT molecular complexity index is 1250. The molecule has 0 aromatic heterocycles. The first kappa shape index (κ1) is 58.4.